The number of rotatable bonds is 7. The number of aromatic nitrogens is 3. The second-order valence-corrected chi connectivity index (χ2v) is 5.20. The largest absolute Gasteiger partial charge is 0.368 e. The Morgan fingerprint density at radius 1 is 1.17 bits per heavy atom. The first-order valence-corrected chi connectivity index (χ1v) is 7.34. The molecule has 126 valence electrons. The molecular weight excluding hydrogens is 310 g/mol. The van der Waals surface area contributed by atoms with Gasteiger partial charge in [-0.2, -0.15) is 4.98 Å². The summed E-state index contributed by atoms with van der Waals surface area (Å²) in [4.78, 5) is 27.0. The number of primary amides is 2. The summed E-state index contributed by atoms with van der Waals surface area (Å²) in [7, 11) is 0. The molecule has 2 amide bonds. The zero-order valence-electron chi connectivity index (χ0n) is 13.4. The van der Waals surface area contributed by atoms with Gasteiger partial charge in [-0.15, -0.1) is 10.2 Å². The third-order valence-corrected chi connectivity index (χ3v) is 3.29. The predicted octanol–water partition coefficient (Wildman–Crippen LogP) is 0.698. The summed E-state index contributed by atoms with van der Waals surface area (Å²) in [5.41, 5.74) is 12.3. The summed E-state index contributed by atoms with van der Waals surface area (Å²) in [5, 5.41) is 13.3. The predicted molar refractivity (Wildman–Crippen MR) is 89.7 cm³/mol. The molecule has 1 heterocycles. The third kappa shape index (κ3) is 4.15. The van der Waals surface area contributed by atoms with Gasteiger partial charge in [0, 0.05) is 5.69 Å². The van der Waals surface area contributed by atoms with Crippen molar-refractivity contribution in [1.29, 1.82) is 0 Å². The Hall–Kier alpha value is -3.23. The van der Waals surface area contributed by atoms with Crippen molar-refractivity contribution < 1.29 is 9.59 Å². The van der Waals surface area contributed by atoms with Crippen LogP contribution in [-0.4, -0.2) is 33.0 Å². The number of anilines is 3. The van der Waals surface area contributed by atoms with Crippen LogP contribution in [0.4, 0.5) is 17.5 Å². The van der Waals surface area contributed by atoms with Crippen molar-refractivity contribution >= 4 is 29.3 Å². The van der Waals surface area contributed by atoms with Crippen LogP contribution in [0.2, 0.25) is 0 Å². The van der Waals surface area contributed by atoms with Crippen molar-refractivity contribution in [2.45, 2.75) is 26.3 Å². The van der Waals surface area contributed by atoms with Crippen LogP contribution in [0.5, 0.6) is 0 Å². The van der Waals surface area contributed by atoms with Crippen molar-refractivity contribution in [1.82, 2.24) is 15.2 Å². The molecule has 0 saturated heterocycles. The standard InChI is InChI=1S/C15H19N7O2/c1-3-10(12(16)23)19-15-20-14(11(13(17)24)21-22-15)18-9-6-4-8(2)5-7-9/h4-7,10H,3H2,1-2H3,(H2,16,23)(H2,17,24)(H2,18,19,20,22)/t10-/m1/s1. The SMILES string of the molecule is CC[C@@H](Nc1nnc(C(N)=O)c(Nc2ccc(C)cc2)n1)C(N)=O. The van der Waals surface area contributed by atoms with Gasteiger partial charge in [0.2, 0.25) is 11.9 Å². The Bertz CT molecular complexity index is 746. The van der Waals surface area contributed by atoms with E-state index in [0.29, 0.717) is 12.1 Å². The zero-order valence-corrected chi connectivity index (χ0v) is 13.4. The van der Waals surface area contributed by atoms with Gasteiger partial charge in [0.1, 0.15) is 6.04 Å². The number of nitrogens with one attached hydrogen (secondary N) is 2. The lowest BCUT2D eigenvalue weighted by molar-refractivity contribution is -0.118. The van der Waals surface area contributed by atoms with Crippen LogP contribution >= 0.6 is 0 Å². The number of benzene rings is 1. The van der Waals surface area contributed by atoms with E-state index in [1.807, 2.05) is 31.2 Å². The van der Waals surface area contributed by atoms with E-state index in [4.69, 9.17) is 11.5 Å². The molecule has 0 radical (unpaired) electrons. The van der Waals surface area contributed by atoms with Gasteiger partial charge in [-0.3, -0.25) is 9.59 Å². The molecule has 0 aliphatic rings. The van der Waals surface area contributed by atoms with Crippen LogP contribution in [0, 0.1) is 6.92 Å². The minimum Gasteiger partial charge on any atom is -0.368 e. The molecule has 6 N–H and O–H groups in total. The molecule has 24 heavy (non-hydrogen) atoms. The molecule has 1 aromatic carbocycles. The van der Waals surface area contributed by atoms with Gasteiger partial charge in [0.15, 0.2) is 11.5 Å². The molecular formula is C15H19N7O2. The van der Waals surface area contributed by atoms with E-state index in [1.54, 1.807) is 6.92 Å². The first-order chi connectivity index (χ1) is 11.4. The highest BCUT2D eigenvalue weighted by Gasteiger charge is 2.18. The normalized spacial score (nSPS) is 11.6. The Balaban J connectivity index is 2.32. The lowest BCUT2D eigenvalue weighted by Gasteiger charge is -2.14. The third-order valence-electron chi connectivity index (χ3n) is 3.29. The number of nitrogens with zero attached hydrogens (tertiary/aromatic N) is 3. The summed E-state index contributed by atoms with van der Waals surface area (Å²) >= 11 is 0. The highest BCUT2D eigenvalue weighted by Crippen LogP contribution is 2.19. The maximum atomic E-state index is 11.5. The number of hydrogen-bond donors (Lipinski definition) is 4. The topological polar surface area (TPSA) is 149 Å². The van der Waals surface area contributed by atoms with Gasteiger partial charge in [0.25, 0.3) is 5.91 Å². The fourth-order valence-electron chi connectivity index (χ4n) is 1.94. The van der Waals surface area contributed by atoms with Crippen LogP contribution in [0.25, 0.3) is 0 Å². The minimum absolute atomic E-state index is 0.0697. The summed E-state index contributed by atoms with van der Waals surface area (Å²) < 4.78 is 0. The van der Waals surface area contributed by atoms with Crippen molar-refractivity contribution in [3.63, 3.8) is 0 Å². The number of nitrogens with two attached hydrogens (primary N) is 2. The smallest absolute Gasteiger partial charge is 0.273 e. The van der Waals surface area contributed by atoms with Crippen molar-refractivity contribution in [2.24, 2.45) is 11.5 Å². The Morgan fingerprint density at radius 2 is 1.83 bits per heavy atom. The lowest BCUT2D eigenvalue weighted by atomic mass is 10.2. The minimum atomic E-state index is -0.766. The molecule has 0 aliphatic carbocycles. The highest BCUT2D eigenvalue weighted by atomic mass is 16.1. The molecule has 0 fully saturated rings. The summed E-state index contributed by atoms with van der Waals surface area (Å²) in [6.07, 6.45) is 0.455. The van der Waals surface area contributed by atoms with E-state index in [9.17, 15) is 9.59 Å². The van der Waals surface area contributed by atoms with E-state index in [1.165, 1.54) is 0 Å². The number of carbonyl (C=O) groups is 2. The lowest BCUT2D eigenvalue weighted by Crippen LogP contribution is -2.35. The average molecular weight is 329 g/mol. The average Bonchev–Trinajstić information content (AvgIpc) is 2.54. The molecule has 0 aliphatic heterocycles. The second kappa shape index (κ2) is 7.36. The van der Waals surface area contributed by atoms with Crippen LogP contribution in [0.1, 0.15) is 29.4 Å². The highest BCUT2D eigenvalue weighted by molar-refractivity contribution is 5.96. The summed E-state index contributed by atoms with van der Waals surface area (Å²) in [6.45, 7) is 3.75. The van der Waals surface area contributed by atoms with Crippen molar-refractivity contribution in [3.05, 3.63) is 35.5 Å². The van der Waals surface area contributed by atoms with Crippen LogP contribution < -0.4 is 22.1 Å². The molecule has 0 saturated carbocycles. The van der Waals surface area contributed by atoms with E-state index < -0.39 is 17.9 Å². The quantitative estimate of drug-likeness (QED) is 0.584. The molecule has 1 aromatic heterocycles. The van der Waals surface area contributed by atoms with Crippen LogP contribution in [0.3, 0.4) is 0 Å². The number of amides is 2. The van der Waals surface area contributed by atoms with Crippen molar-refractivity contribution in [3.8, 4) is 0 Å². The maximum absolute atomic E-state index is 11.5. The molecule has 0 unspecified atom stereocenters. The van der Waals surface area contributed by atoms with Gasteiger partial charge < -0.3 is 22.1 Å². The van der Waals surface area contributed by atoms with Gasteiger partial charge in [-0.1, -0.05) is 24.6 Å². The molecule has 0 spiro atoms. The molecule has 0 bridgehead atoms. The Morgan fingerprint density at radius 3 is 2.38 bits per heavy atom. The summed E-state index contributed by atoms with van der Waals surface area (Å²) in [6, 6.07) is 6.82. The zero-order chi connectivity index (χ0) is 17.7. The number of carbonyl (C=O) groups excluding carboxylic acids is 2. The maximum Gasteiger partial charge on any atom is 0.273 e. The van der Waals surface area contributed by atoms with Crippen LogP contribution in [-0.2, 0) is 4.79 Å². The van der Waals surface area contributed by atoms with Gasteiger partial charge in [-0.25, -0.2) is 0 Å². The molecule has 1 atom stereocenters. The van der Waals surface area contributed by atoms with Gasteiger partial charge in [-0.05, 0) is 25.5 Å². The monoisotopic (exact) mass is 329 g/mol. The van der Waals surface area contributed by atoms with Gasteiger partial charge in [0.05, 0.1) is 0 Å². The molecule has 2 aromatic rings. The number of aryl methyl sites for hydroxylation is 1. The van der Waals surface area contributed by atoms with E-state index in [0.717, 1.165) is 5.56 Å². The van der Waals surface area contributed by atoms with E-state index in [-0.39, 0.29) is 17.5 Å². The Labute approximate surface area is 138 Å². The fourth-order valence-corrected chi connectivity index (χ4v) is 1.94. The first-order valence-electron chi connectivity index (χ1n) is 7.34. The Kier molecular flexibility index (Phi) is 5.25. The van der Waals surface area contributed by atoms with E-state index in [2.05, 4.69) is 25.8 Å². The molecule has 9 nitrogen and oxygen atoms in total. The second-order valence-electron chi connectivity index (χ2n) is 5.20. The van der Waals surface area contributed by atoms with Crippen LogP contribution in [0.15, 0.2) is 24.3 Å². The first kappa shape index (κ1) is 17.1. The molecule has 2 rings (SSSR count). The number of hydrogen-bond acceptors (Lipinski definition) is 7. The van der Waals surface area contributed by atoms with Crippen molar-refractivity contribution in [2.75, 3.05) is 10.6 Å². The van der Waals surface area contributed by atoms with Gasteiger partial charge >= 0.3 is 0 Å². The molecule has 9 heteroatoms. The fraction of sp³-hybridized carbons (Fsp3) is 0.267. The summed E-state index contributed by atoms with van der Waals surface area (Å²) in [5.74, 6) is -1.09. The van der Waals surface area contributed by atoms with E-state index >= 15 is 0 Å².